The number of aliphatic hydroxyl groups excluding tert-OH is 1. The first-order valence-electron chi connectivity index (χ1n) is 3.16. The van der Waals surface area contributed by atoms with Gasteiger partial charge in [-0.05, 0) is 25.0 Å². The lowest BCUT2D eigenvalue weighted by molar-refractivity contribution is 0.296. The first-order valence-corrected chi connectivity index (χ1v) is 4.21. The molecule has 0 aromatic heterocycles. The maximum Gasteiger partial charge on any atom is 0.0438 e. The molecular formula is C6H12OS. The summed E-state index contributed by atoms with van der Waals surface area (Å²) in [6.45, 7) is 0.361. The smallest absolute Gasteiger partial charge is 0.0438 e. The SMILES string of the molecule is OCCCSC1CC1. The number of hydrogen-bond acceptors (Lipinski definition) is 2. The van der Waals surface area contributed by atoms with Crippen LogP contribution in [0.4, 0.5) is 0 Å². The largest absolute Gasteiger partial charge is 0.396 e. The van der Waals surface area contributed by atoms with Crippen molar-refractivity contribution < 1.29 is 5.11 Å². The molecule has 1 nitrogen and oxygen atoms in total. The van der Waals surface area contributed by atoms with E-state index < -0.39 is 0 Å². The van der Waals surface area contributed by atoms with Crippen molar-refractivity contribution in [3.8, 4) is 0 Å². The molecule has 1 saturated carbocycles. The van der Waals surface area contributed by atoms with Crippen molar-refractivity contribution >= 4 is 11.8 Å². The molecule has 1 aliphatic carbocycles. The van der Waals surface area contributed by atoms with Gasteiger partial charge in [-0.3, -0.25) is 0 Å². The lowest BCUT2D eigenvalue weighted by Gasteiger charge is -1.92. The molecule has 2 heteroatoms. The fourth-order valence-corrected chi connectivity index (χ4v) is 1.65. The molecule has 0 heterocycles. The second-order valence-corrected chi connectivity index (χ2v) is 3.56. The van der Waals surface area contributed by atoms with Gasteiger partial charge in [-0.2, -0.15) is 11.8 Å². The first-order chi connectivity index (χ1) is 3.93. The van der Waals surface area contributed by atoms with Crippen LogP contribution in [-0.2, 0) is 0 Å². The summed E-state index contributed by atoms with van der Waals surface area (Å²) in [5, 5.41) is 9.35. The van der Waals surface area contributed by atoms with E-state index in [1.165, 1.54) is 12.8 Å². The number of aliphatic hydroxyl groups is 1. The van der Waals surface area contributed by atoms with E-state index in [2.05, 4.69) is 0 Å². The van der Waals surface area contributed by atoms with Crippen LogP contribution >= 0.6 is 11.8 Å². The molecule has 8 heavy (non-hydrogen) atoms. The number of rotatable bonds is 4. The van der Waals surface area contributed by atoms with Crippen LogP contribution in [0, 0.1) is 0 Å². The van der Waals surface area contributed by atoms with Crippen LogP contribution in [0.1, 0.15) is 19.3 Å². The van der Waals surface area contributed by atoms with E-state index in [0.29, 0.717) is 6.61 Å². The molecule has 0 atom stereocenters. The molecule has 1 fully saturated rings. The maximum atomic E-state index is 8.39. The normalized spacial score (nSPS) is 19.1. The monoisotopic (exact) mass is 132 g/mol. The Labute approximate surface area is 54.5 Å². The van der Waals surface area contributed by atoms with Gasteiger partial charge in [0, 0.05) is 11.9 Å². The van der Waals surface area contributed by atoms with Crippen molar-refractivity contribution in [2.45, 2.75) is 24.5 Å². The first kappa shape index (κ1) is 6.43. The quantitative estimate of drug-likeness (QED) is 0.581. The summed E-state index contributed by atoms with van der Waals surface area (Å²) >= 11 is 2.01. The highest BCUT2D eigenvalue weighted by Crippen LogP contribution is 2.33. The fraction of sp³-hybridized carbons (Fsp3) is 1.00. The predicted octanol–water partition coefficient (Wildman–Crippen LogP) is 1.26. The van der Waals surface area contributed by atoms with Gasteiger partial charge in [0.25, 0.3) is 0 Å². The summed E-state index contributed by atoms with van der Waals surface area (Å²) in [6.07, 6.45) is 3.80. The van der Waals surface area contributed by atoms with E-state index >= 15 is 0 Å². The van der Waals surface area contributed by atoms with Gasteiger partial charge in [0.2, 0.25) is 0 Å². The lowest BCUT2D eigenvalue weighted by Crippen LogP contribution is -1.86. The number of hydrogen-bond donors (Lipinski definition) is 1. The Bertz CT molecular complexity index is 61.5. The molecule has 0 amide bonds. The Kier molecular flexibility index (Phi) is 2.70. The van der Waals surface area contributed by atoms with E-state index in [-0.39, 0.29) is 0 Å². The van der Waals surface area contributed by atoms with Crippen LogP contribution in [0.15, 0.2) is 0 Å². The molecule has 0 aromatic rings. The Balaban J connectivity index is 1.74. The minimum atomic E-state index is 0.361. The molecule has 1 rings (SSSR count). The Morgan fingerprint density at radius 1 is 1.50 bits per heavy atom. The number of thioether (sulfide) groups is 1. The molecule has 0 aliphatic heterocycles. The Hall–Kier alpha value is 0.310. The summed E-state index contributed by atoms with van der Waals surface area (Å²) in [6, 6.07) is 0. The van der Waals surface area contributed by atoms with E-state index in [1.807, 2.05) is 11.8 Å². The molecule has 0 radical (unpaired) electrons. The molecule has 1 aliphatic rings. The van der Waals surface area contributed by atoms with E-state index in [4.69, 9.17) is 5.11 Å². The van der Waals surface area contributed by atoms with Gasteiger partial charge in [-0.15, -0.1) is 0 Å². The van der Waals surface area contributed by atoms with Crippen molar-refractivity contribution in [1.82, 2.24) is 0 Å². The molecule has 0 spiro atoms. The van der Waals surface area contributed by atoms with Gasteiger partial charge >= 0.3 is 0 Å². The van der Waals surface area contributed by atoms with Crippen molar-refractivity contribution in [2.75, 3.05) is 12.4 Å². The summed E-state index contributed by atoms with van der Waals surface area (Å²) in [5.41, 5.74) is 0. The summed E-state index contributed by atoms with van der Waals surface area (Å²) in [7, 11) is 0. The Morgan fingerprint density at radius 3 is 2.75 bits per heavy atom. The minimum Gasteiger partial charge on any atom is -0.396 e. The zero-order chi connectivity index (χ0) is 5.82. The maximum absolute atomic E-state index is 8.39. The molecule has 0 saturated heterocycles. The zero-order valence-electron chi connectivity index (χ0n) is 4.97. The van der Waals surface area contributed by atoms with Crippen LogP contribution in [0.3, 0.4) is 0 Å². The molecule has 1 N–H and O–H groups in total. The highest BCUT2D eigenvalue weighted by atomic mass is 32.2. The van der Waals surface area contributed by atoms with Crippen molar-refractivity contribution in [3.63, 3.8) is 0 Å². The summed E-state index contributed by atoms with van der Waals surface area (Å²) < 4.78 is 0. The van der Waals surface area contributed by atoms with Gasteiger partial charge in [0.15, 0.2) is 0 Å². The van der Waals surface area contributed by atoms with Gasteiger partial charge in [0.05, 0.1) is 0 Å². The van der Waals surface area contributed by atoms with Crippen LogP contribution in [-0.4, -0.2) is 22.7 Å². The second-order valence-electron chi connectivity index (χ2n) is 2.15. The fourth-order valence-electron chi connectivity index (χ4n) is 0.549. The van der Waals surface area contributed by atoms with Crippen molar-refractivity contribution in [1.29, 1.82) is 0 Å². The zero-order valence-corrected chi connectivity index (χ0v) is 5.78. The highest BCUT2D eigenvalue weighted by Gasteiger charge is 2.20. The van der Waals surface area contributed by atoms with Crippen LogP contribution in [0.2, 0.25) is 0 Å². The molecule has 48 valence electrons. The predicted molar refractivity (Wildman–Crippen MR) is 37.2 cm³/mol. The Morgan fingerprint density at radius 2 is 2.25 bits per heavy atom. The lowest BCUT2D eigenvalue weighted by atomic mass is 10.5. The van der Waals surface area contributed by atoms with Gasteiger partial charge in [-0.25, -0.2) is 0 Å². The average molecular weight is 132 g/mol. The van der Waals surface area contributed by atoms with Gasteiger partial charge in [-0.1, -0.05) is 0 Å². The summed E-state index contributed by atoms with van der Waals surface area (Å²) in [5.74, 6) is 1.15. The minimum absolute atomic E-state index is 0.361. The van der Waals surface area contributed by atoms with Crippen LogP contribution in [0.25, 0.3) is 0 Å². The second kappa shape index (κ2) is 3.36. The van der Waals surface area contributed by atoms with E-state index in [1.54, 1.807) is 0 Å². The molecule has 0 aromatic carbocycles. The van der Waals surface area contributed by atoms with Crippen molar-refractivity contribution in [3.05, 3.63) is 0 Å². The van der Waals surface area contributed by atoms with Crippen LogP contribution < -0.4 is 0 Å². The molecular weight excluding hydrogens is 120 g/mol. The molecule has 0 unspecified atom stereocenters. The van der Waals surface area contributed by atoms with Crippen LogP contribution in [0.5, 0.6) is 0 Å². The summed E-state index contributed by atoms with van der Waals surface area (Å²) in [4.78, 5) is 0. The highest BCUT2D eigenvalue weighted by molar-refractivity contribution is 8.00. The topological polar surface area (TPSA) is 20.2 Å². The van der Waals surface area contributed by atoms with Gasteiger partial charge < -0.3 is 5.11 Å². The van der Waals surface area contributed by atoms with Gasteiger partial charge in [0.1, 0.15) is 0 Å². The van der Waals surface area contributed by atoms with E-state index in [9.17, 15) is 0 Å². The van der Waals surface area contributed by atoms with Crippen molar-refractivity contribution in [2.24, 2.45) is 0 Å². The third-order valence-electron chi connectivity index (χ3n) is 1.18. The van der Waals surface area contributed by atoms with E-state index in [0.717, 1.165) is 17.4 Å². The third kappa shape index (κ3) is 2.58. The molecule has 0 bridgehead atoms. The third-order valence-corrected chi connectivity index (χ3v) is 2.65. The average Bonchev–Trinajstić information content (AvgIpc) is 2.51. The standard InChI is InChI=1S/C6H12OS/c7-4-1-5-8-6-2-3-6/h6-7H,1-5H2.